The van der Waals surface area contributed by atoms with Crippen molar-refractivity contribution in [2.75, 3.05) is 0 Å². The number of rotatable bonds is 3. The molecule has 15 heavy (non-hydrogen) atoms. The second kappa shape index (κ2) is 4.31. The summed E-state index contributed by atoms with van der Waals surface area (Å²) in [7, 11) is -1.41. The number of amides is 2. The fourth-order valence-corrected chi connectivity index (χ4v) is 1.99. The van der Waals surface area contributed by atoms with Crippen molar-refractivity contribution in [2.24, 2.45) is 10.8 Å². The summed E-state index contributed by atoms with van der Waals surface area (Å²) in [5, 5.41) is 4.61. The first kappa shape index (κ1) is 11.5. The molecule has 0 fully saturated rings. The minimum atomic E-state index is -1.41. The van der Waals surface area contributed by atoms with E-state index in [1.165, 1.54) is 6.21 Å². The number of urea groups is 1. The Balaban J connectivity index is 2.69. The van der Waals surface area contributed by atoms with Crippen LogP contribution in [0.25, 0.3) is 0 Å². The van der Waals surface area contributed by atoms with Crippen LogP contribution in [0.2, 0.25) is 19.6 Å². The van der Waals surface area contributed by atoms with E-state index in [2.05, 4.69) is 30.2 Å². The number of carbonyl (C=O) groups is 1. The summed E-state index contributed by atoms with van der Waals surface area (Å²) >= 11 is 0. The molecule has 0 saturated heterocycles. The van der Waals surface area contributed by atoms with Gasteiger partial charge < -0.3 is 10.2 Å². The van der Waals surface area contributed by atoms with E-state index in [1.807, 2.05) is 12.1 Å². The van der Waals surface area contributed by atoms with Gasteiger partial charge in [-0.15, -0.1) is 0 Å². The third-order valence-electron chi connectivity index (χ3n) is 1.73. The summed E-state index contributed by atoms with van der Waals surface area (Å²) in [4.78, 5) is 10.3. The highest BCUT2D eigenvalue weighted by Crippen LogP contribution is 2.04. The molecule has 3 N–H and O–H groups in total. The van der Waals surface area contributed by atoms with Gasteiger partial charge in [-0.25, -0.2) is 10.2 Å². The monoisotopic (exact) mass is 225 g/mol. The lowest BCUT2D eigenvalue weighted by Gasteiger charge is -2.10. The summed E-state index contributed by atoms with van der Waals surface area (Å²) in [5.41, 5.74) is 6.95. The van der Waals surface area contributed by atoms with Crippen molar-refractivity contribution < 1.29 is 9.21 Å². The van der Waals surface area contributed by atoms with E-state index in [1.54, 1.807) is 0 Å². The predicted molar refractivity (Wildman–Crippen MR) is 62.0 cm³/mol. The molecule has 6 heteroatoms. The predicted octanol–water partition coefficient (Wildman–Crippen LogP) is 0.827. The smallest absolute Gasteiger partial charge is 0.332 e. The van der Waals surface area contributed by atoms with Gasteiger partial charge in [0.25, 0.3) is 0 Å². The Morgan fingerprint density at radius 2 is 2.20 bits per heavy atom. The molecule has 0 radical (unpaired) electrons. The molecule has 82 valence electrons. The van der Waals surface area contributed by atoms with Crippen LogP contribution in [0, 0.1) is 0 Å². The first-order chi connectivity index (χ1) is 6.89. The average Bonchev–Trinajstić information content (AvgIpc) is 2.51. The van der Waals surface area contributed by atoms with Crippen molar-refractivity contribution in [1.82, 2.24) is 5.43 Å². The molecule has 1 heterocycles. The molecule has 0 aliphatic rings. The Morgan fingerprint density at radius 1 is 1.53 bits per heavy atom. The van der Waals surface area contributed by atoms with E-state index < -0.39 is 14.1 Å². The molecule has 0 aliphatic carbocycles. The van der Waals surface area contributed by atoms with Crippen molar-refractivity contribution in [3.63, 3.8) is 0 Å². The highest BCUT2D eigenvalue weighted by Gasteiger charge is 2.20. The highest BCUT2D eigenvalue weighted by molar-refractivity contribution is 6.87. The lowest BCUT2D eigenvalue weighted by Crippen LogP contribution is -2.36. The molecule has 5 nitrogen and oxygen atoms in total. The molecule has 1 rings (SSSR count). The molecule has 1 aromatic rings. The first-order valence-electron chi connectivity index (χ1n) is 4.58. The van der Waals surface area contributed by atoms with Crippen molar-refractivity contribution in [1.29, 1.82) is 0 Å². The maximum atomic E-state index is 10.3. The van der Waals surface area contributed by atoms with Crippen LogP contribution in [0.15, 0.2) is 21.7 Å². The summed E-state index contributed by atoms with van der Waals surface area (Å²) in [5.74, 6) is 0.612. The number of nitrogens with one attached hydrogen (secondary N) is 1. The van der Waals surface area contributed by atoms with Gasteiger partial charge in [0.1, 0.15) is 13.8 Å². The van der Waals surface area contributed by atoms with Crippen LogP contribution in [-0.4, -0.2) is 20.3 Å². The van der Waals surface area contributed by atoms with E-state index in [0.717, 1.165) is 5.38 Å². The lowest BCUT2D eigenvalue weighted by molar-refractivity contribution is 0.249. The largest absolute Gasteiger partial charge is 0.465 e. The van der Waals surface area contributed by atoms with E-state index >= 15 is 0 Å². The van der Waals surface area contributed by atoms with Crippen molar-refractivity contribution in [2.45, 2.75) is 19.6 Å². The third kappa shape index (κ3) is 3.59. The molecule has 0 aliphatic heterocycles. The Hall–Kier alpha value is -1.56. The summed E-state index contributed by atoms with van der Waals surface area (Å²) in [6, 6.07) is 3.07. The van der Waals surface area contributed by atoms with Crippen LogP contribution >= 0.6 is 0 Å². The zero-order valence-corrected chi connectivity index (χ0v) is 10.1. The van der Waals surface area contributed by atoms with Crippen LogP contribution in [0.1, 0.15) is 5.76 Å². The molecule has 1 aromatic heterocycles. The van der Waals surface area contributed by atoms with E-state index in [9.17, 15) is 4.79 Å². The minimum Gasteiger partial charge on any atom is -0.465 e. The van der Waals surface area contributed by atoms with Gasteiger partial charge in [0, 0.05) is 0 Å². The van der Waals surface area contributed by atoms with Gasteiger partial charge in [0.15, 0.2) is 0 Å². The molecule has 0 saturated carbocycles. The van der Waals surface area contributed by atoms with Gasteiger partial charge in [-0.1, -0.05) is 19.6 Å². The number of nitrogens with two attached hydrogens (primary N) is 1. The van der Waals surface area contributed by atoms with Crippen LogP contribution in [0.4, 0.5) is 4.79 Å². The zero-order valence-electron chi connectivity index (χ0n) is 9.07. The normalized spacial score (nSPS) is 11.9. The van der Waals surface area contributed by atoms with Gasteiger partial charge >= 0.3 is 6.03 Å². The fourth-order valence-electron chi connectivity index (χ4n) is 0.985. The highest BCUT2D eigenvalue weighted by atomic mass is 28.3. The third-order valence-corrected chi connectivity index (χ3v) is 3.48. The topological polar surface area (TPSA) is 80.6 Å². The van der Waals surface area contributed by atoms with Crippen LogP contribution < -0.4 is 16.5 Å². The van der Waals surface area contributed by atoms with E-state index in [-0.39, 0.29) is 0 Å². The molecule has 0 spiro atoms. The molecule has 0 unspecified atom stereocenters. The molecule has 2 amide bonds. The van der Waals surface area contributed by atoms with Gasteiger partial charge in [-0.3, -0.25) is 0 Å². The molecular formula is C9H15N3O2Si. The van der Waals surface area contributed by atoms with Crippen molar-refractivity contribution in [3.05, 3.63) is 17.9 Å². The number of hydrogen-bond donors (Lipinski definition) is 2. The fraction of sp³-hybridized carbons (Fsp3) is 0.333. The van der Waals surface area contributed by atoms with Crippen molar-refractivity contribution >= 4 is 25.7 Å². The quantitative estimate of drug-likeness (QED) is 0.454. The Kier molecular flexibility index (Phi) is 3.30. The second-order valence-electron chi connectivity index (χ2n) is 4.19. The second-order valence-corrected chi connectivity index (χ2v) is 9.18. The number of nitrogens with zero attached hydrogens (tertiary/aromatic N) is 1. The number of primary amides is 1. The number of hydrazone groups is 1. The number of carbonyl (C=O) groups excluding carboxylic acids is 1. The number of hydrogen-bond acceptors (Lipinski definition) is 3. The van der Waals surface area contributed by atoms with Gasteiger partial charge in [0.05, 0.1) is 11.6 Å². The number of furan rings is 1. The van der Waals surface area contributed by atoms with Gasteiger partial charge in [-0.2, -0.15) is 5.10 Å². The first-order valence-corrected chi connectivity index (χ1v) is 8.08. The molecule has 0 atom stereocenters. The van der Waals surface area contributed by atoms with Crippen LogP contribution in [0.3, 0.4) is 0 Å². The van der Waals surface area contributed by atoms with Crippen LogP contribution in [0.5, 0.6) is 0 Å². The minimum absolute atomic E-state index is 0.612. The van der Waals surface area contributed by atoms with Crippen molar-refractivity contribution in [3.8, 4) is 0 Å². The van der Waals surface area contributed by atoms with Crippen LogP contribution in [-0.2, 0) is 0 Å². The maximum Gasteiger partial charge on any atom is 0.332 e. The molecular weight excluding hydrogens is 210 g/mol. The van der Waals surface area contributed by atoms with Gasteiger partial charge in [0.2, 0.25) is 0 Å². The Morgan fingerprint density at radius 3 is 2.67 bits per heavy atom. The van der Waals surface area contributed by atoms with E-state index in [4.69, 9.17) is 10.2 Å². The standard InChI is InChI=1S/C9H15N3O2Si/c1-15(2,3)8-5-4-7(14-8)6-11-12-9(10)13/h4-6H,1-3H3,(H3,10,12,13)/b11-6-. The Labute approximate surface area is 89.3 Å². The Bertz CT molecular complexity index is 379. The lowest BCUT2D eigenvalue weighted by atomic mass is 10.5. The molecule has 0 aromatic carbocycles. The van der Waals surface area contributed by atoms with E-state index in [0.29, 0.717) is 5.76 Å². The summed E-state index contributed by atoms with van der Waals surface area (Å²) in [6.45, 7) is 6.57. The SMILES string of the molecule is C[Si](C)(C)c1ccc(/C=N\NC(N)=O)o1. The maximum absolute atomic E-state index is 10.3. The summed E-state index contributed by atoms with van der Waals surface area (Å²) in [6.07, 6.45) is 1.42. The van der Waals surface area contributed by atoms with Gasteiger partial charge in [-0.05, 0) is 12.1 Å². The summed E-state index contributed by atoms with van der Waals surface area (Å²) < 4.78 is 5.55. The molecule has 0 bridgehead atoms. The zero-order chi connectivity index (χ0) is 11.5. The average molecular weight is 225 g/mol.